The van der Waals surface area contributed by atoms with Crippen LogP contribution in [0.25, 0.3) is 0 Å². The predicted molar refractivity (Wildman–Crippen MR) is 78.0 cm³/mol. The Morgan fingerprint density at radius 1 is 1.28 bits per heavy atom. The minimum Gasteiger partial charge on any atom is -0.381 e. The molecule has 3 rings (SSSR count). The van der Waals surface area contributed by atoms with Crippen molar-refractivity contribution in [2.45, 2.75) is 26.0 Å². The lowest BCUT2D eigenvalue weighted by Gasteiger charge is -2.07. The summed E-state index contributed by atoms with van der Waals surface area (Å²) in [4.78, 5) is 0. The SMILES string of the molecule is Cc1ccc(C)c(CSCC2C3CCOCC32)c1. The van der Waals surface area contributed by atoms with Gasteiger partial charge in [-0.05, 0) is 54.9 Å². The molecule has 1 aliphatic carbocycles. The Kier molecular flexibility index (Phi) is 3.67. The number of thioether (sulfide) groups is 1. The van der Waals surface area contributed by atoms with Crippen LogP contribution in [-0.2, 0) is 10.5 Å². The van der Waals surface area contributed by atoms with E-state index < -0.39 is 0 Å². The first kappa shape index (κ1) is 12.6. The molecule has 1 heterocycles. The average Bonchev–Trinajstić information content (AvgIpc) is 3.08. The lowest BCUT2D eigenvalue weighted by atomic mass is 10.1. The van der Waals surface area contributed by atoms with Crippen LogP contribution in [0.5, 0.6) is 0 Å². The fourth-order valence-corrected chi connectivity index (χ4v) is 4.56. The quantitative estimate of drug-likeness (QED) is 0.816. The van der Waals surface area contributed by atoms with E-state index in [9.17, 15) is 0 Å². The van der Waals surface area contributed by atoms with Gasteiger partial charge in [-0.15, -0.1) is 0 Å². The molecular formula is C16H22OS. The highest BCUT2D eigenvalue weighted by molar-refractivity contribution is 7.98. The van der Waals surface area contributed by atoms with Gasteiger partial charge in [-0.1, -0.05) is 23.8 Å². The van der Waals surface area contributed by atoms with E-state index in [1.54, 1.807) is 0 Å². The zero-order valence-corrected chi connectivity index (χ0v) is 12.1. The Labute approximate surface area is 114 Å². The molecular weight excluding hydrogens is 240 g/mol. The molecule has 1 saturated heterocycles. The minimum atomic E-state index is 0.893. The standard InChI is InChI=1S/C16H22OS/c1-11-3-4-12(2)13(7-11)9-18-10-16-14-5-6-17-8-15(14)16/h3-4,7,14-16H,5-6,8-10H2,1-2H3. The molecule has 1 aliphatic heterocycles. The van der Waals surface area contributed by atoms with Crippen LogP contribution < -0.4 is 0 Å². The summed E-state index contributed by atoms with van der Waals surface area (Å²) in [5.41, 5.74) is 4.33. The van der Waals surface area contributed by atoms with Crippen LogP contribution >= 0.6 is 11.8 Å². The molecule has 98 valence electrons. The van der Waals surface area contributed by atoms with E-state index in [4.69, 9.17) is 4.74 Å². The number of ether oxygens (including phenoxy) is 1. The van der Waals surface area contributed by atoms with Crippen molar-refractivity contribution < 1.29 is 4.74 Å². The van der Waals surface area contributed by atoms with Gasteiger partial charge in [0, 0.05) is 19.0 Å². The van der Waals surface area contributed by atoms with Gasteiger partial charge in [-0.2, -0.15) is 11.8 Å². The highest BCUT2D eigenvalue weighted by Crippen LogP contribution is 2.52. The topological polar surface area (TPSA) is 9.23 Å². The molecule has 1 aromatic rings. The largest absolute Gasteiger partial charge is 0.381 e. The molecule has 1 nitrogen and oxygen atoms in total. The Morgan fingerprint density at radius 3 is 2.94 bits per heavy atom. The highest BCUT2D eigenvalue weighted by Gasteiger charge is 2.50. The van der Waals surface area contributed by atoms with Gasteiger partial charge in [-0.25, -0.2) is 0 Å². The molecule has 0 spiro atoms. The monoisotopic (exact) mass is 262 g/mol. The van der Waals surface area contributed by atoms with E-state index >= 15 is 0 Å². The van der Waals surface area contributed by atoms with Crippen molar-refractivity contribution in [3.05, 3.63) is 34.9 Å². The first-order valence-electron chi connectivity index (χ1n) is 6.97. The van der Waals surface area contributed by atoms with Gasteiger partial charge in [0.25, 0.3) is 0 Å². The normalized spacial score (nSPS) is 30.0. The van der Waals surface area contributed by atoms with Gasteiger partial charge in [0.1, 0.15) is 0 Å². The van der Waals surface area contributed by atoms with Crippen molar-refractivity contribution >= 4 is 11.8 Å². The van der Waals surface area contributed by atoms with E-state index in [-0.39, 0.29) is 0 Å². The molecule has 2 heteroatoms. The zero-order chi connectivity index (χ0) is 12.5. The second-order valence-corrected chi connectivity index (χ2v) is 6.83. The number of rotatable bonds is 4. The summed E-state index contributed by atoms with van der Waals surface area (Å²) in [6.45, 7) is 6.43. The molecule has 0 bridgehead atoms. The molecule has 1 aromatic carbocycles. The molecule has 0 aromatic heterocycles. The molecule has 3 atom stereocenters. The highest BCUT2D eigenvalue weighted by atomic mass is 32.2. The summed E-state index contributed by atoms with van der Waals surface area (Å²) in [5.74, 6) is 5.33. The third-order valence-electron chi connectivity index (χ3n) is 4.49. The van der Waals surface area contributed by atoms with E-state index in [0.717, 1.165) is 31.0 Å². The fraction of sp³-hybridized carbons (Fsp3) is 0.625. The summed E-state index contributed by atoms with van der Waals surface area (Å²) in [7, 11) is 0. The van der Waals surface area contributed by atoms with Gasteiger partial charge < -0.3 is 4.74 Å². The van der Waals surface area contributed by atoms with Crippen molar-refractivity contribution in [2.24, 2.45) is 17.8 Å². The van der Waals surface area contributed by atoms with Crippen molar-refractivity contribution in [1.82, 2.24) is 0 Å². The fourth-order valence-electron chi connectivity index (χ4n) is 3.15. The van der Waals surface area contributed by atoms with Crippen LogP contribution in [0.2, 0.25) is 0 Å². The Hall–Kier alpha value is -0.470. The Morgan fingerprint density at radius 2 is 2.17 bits per heavy atom. The second-order valence-electron chi connectivity index (χ2n) is 5.80. The summed E-state index contributed by atoms with van der Waals surface area (Å²) < 4.78 is 5.54. The number of benzene rings is 1. The predicted octanol–water partition coefficient (Wildman–Crippen LogP) is 3.82. The van der Waals surface area contributed by atoms with Gasteiger partial charge in [0.2, 0.25) is 0 Å². The zero-order valence-electron chi connectivity index (χ0n) is 11.3. The molecule has 2 fully saturated rings. The number of hydrogen-bond acceptors (Lipinski definition) is 2. The molecule has 0 radical (unpaired) electrons. The van der Waals surface area contributed by atoms with Gasteiger partial charge >= 0.3 is 0 Å². The number of aryl methyl sites for hydroxylation is 2. The summed E-state index contributed by atoms with van der Waals surface area (Å²) in [6, 6.07) is 6.79. The Balaban J connectivity index is 1.49. The van der Waals surface area contributed by atoms with Crippen molar-refractivity contribution in [1.29, 1.82) is 0 Å². The van der Waals surface area contributed by atoms with E-state index in [0.29, 0.717) is 0 Å². The van der Waals surface area contributed by atoms with Crippen LogP contribution in [0.15, 0.2) is 18.2 Å². The third-order valence-corrected chi connectivity index (χ3v) is 5.62. The van der Waals surface area contributed by atoms with Crippen LogP contribution in [0.3, 0.4) is 0 Å². The van der Waals surface area contributed by atoms with E-state index in [1.165, 1.54) is 34.6 Å². The lowest BCUT2D eigenvalue weighted by molar-refractivity contribution is 0.0886. The first-order valence-corrected chi connectivity index (χ1v) is 8.13. The van der Waals surface area contributed by atoms with E-state index in [1.807, 2.05) is 0 Å². The first-order chi connectivity index (χ1) is 8.75. The average molecular weight is 262 g/mol. The summed E-state index contributed by atoms with van der Waals surface area (Å²) in [6.07, 6.45) is 1.30. The number of fused-ring (bicyclic) bond motifs is 1. The maximum atomic E-state index is 5.54. The number of hydrogen-bond donors (Lipinski definition) is 0. The van der Waals surface area contributed by atoms with Crippen LogP contribution in [0.1, 0.15) is 23.1 Å². The van der Waals surface area contributed by atoms with Gasteiger partial charge in [0.15, 0.2) is 0 Å². The second kappa shape index (κ2) is 5.26. The van der Waals surface area contributed by atoms with Crippen molar-refractivity contribution in [2.75, 3.05) is 19.0 Å². The molecule has 18 heavy (non-hydrogen) atoms. The third kappa shape index (κ3) is 2.60. The molecule has 1 saturated carbocycles. The van der Waals surface area contributed by atoms with Crippen LogP contribution in [0, 0.1) is 31.6 Å². The molecule has 0 N–H and O–H groups in total. The lowest BCUT2D eigenvalue weighted by Crippen LogP contribution is -2.06. The summed E-state index contributed by atoms with van der Waals surface area (Å²) in [5, 5.41) is 0. The maximum Gasteiger partial charge on any atom is 0.0500 e. The van der Waals surface area contributed by atoms with Crippen LogP contribution in [-0.4, -0.2) is 19.0 Å². The summed E-state index contributed by atoms with van der Waals surface area (Å²) >= 11 is 2.11. The molecule has 3 unspecified atom stereocenters. The van der Waals surface area contributed by atoms with Gasteiger partial charge in [0.05, 0.1) is 0 Å². The van der Waals surface area contributed by atoms with E-state index in [2.05, 4.69) is 43.8 Å². The smallest absolute Gasteiger partial charge is 0.0500 e. The Bertz CT molecular complexity index is 417. The maximum absolute atomic E-state index is 5.54. The van der Waals surface area contributed by atoms with Crippen molar-refractivity contribution in [3.8, 4) is 0 Å². The molecule has 0 amide bonds. The van der Waals surface area contributed by atoms with Gasteiger partial charge in [-0.3, -0.25) is 0 Å². The van der Waals surface area contributed by atoms with Crippen LogP contribution in [0.4, 0.5) is 0 Å². The van der Waals surface area contributed by atoms with Crippen molar-refractivity contribution in [3.63, 3.8) is 0 Å². The minimum absolute atomic E-state index is 0.893. The molecule has 2 aliphatic rings.